The zero-order valence-corrected chi connectivity index (χ0v) is 19.5. The van der Waals surface area contributed by atoms with Crippen LogP contribution in [0.4, 0.5) is 0 Å². The fraction of sp³-hybridized carbons (Fsp3) is 0.962. The molecule has 0 aromatic rings. The summed E-state index contributed by atoms with van der Waals surface area (Å²) < 4.78 is 0. The normalized spacial score (nSPS) is 51.5. The highest BCUT2D eigenvalue weighted by atomic mass is 16.4. The Morgan fingerprint density at radius 3 is 2.33 bits per heavy atom. The number of carboxylic acid groups (broad SMARTS) is 1. The number of rotatable bonds is 5. The van der Waals surface area contributed by atoms with Crippen LogP contribution in [0.15, 0.2) is 0 Å². The first-order valence-corrected chi connectivity index (χ1v) is 12.7. The van der Waals surface area contributed by atoms with Crippen LogP contribution < -0.4 is 0 Å². The predicted octanol–water partition coefficient (Wildman–Crippen LogP) is 5.11. The van der Waals surface area contributed by atoms with Gasteiger partial charge in [0.25, 0.3) is 0 Å². The zero-order valence-electron chi connectivity index (χ0n) is 19.5. The summed E-state index contributed by atoms with van der Waals surface area (Å²) in [7, 11) is 0. The first-order valence-electron chi connectivity index (χ1n) is 12.7. The third kappa shape index (κ3) is 3.36. The van der Waals surface area contributed by atoms with Crippen molar-refractivity contribution in [2.75, 3.05) is 0 Å². The molecule has 0 amide bonds. The van der Waals surface area contributed by atoms with Crippen molar-refractivity contribution in [1.82, 2.24) is 0 Å². The fourth-order valence-electron chi connectivity index (χ4n) is 9.48. The van der Waals surface area contributed by atoms with Crippen molar-refractivity contribution < 1.29 is 20.1 Å². The van der Waals surface area contributed by atoms with Gasteiger partial charge >= 0.3 is 5.97 Å². The van der Waals surface area contributed by atoms with Crippen LogP contribution in [-0.2, 0) is 4.79 Å². The van der Waals surface area contributed by atoms with Gasteiger partial charge in [0.05, 0.1) is 12.2 Å². The molecule has 4 unspecified atom stereocenters. The minimum absolute atomic E-state index is 0.194. The van der Waals surface area contributed by atoms with Crippen LogP contribution >= 0.6 is 0 Å². The molecule has 0 radical (unpaired) electrons. The maximum atomic E-state index is 11.7. The Morgan fingerprint density at radius 1 is 1.00 bits per heavy atom. The minimum atomic E-state index is -0.683. The molecule has 4 aliphatic carbocycles. The molecule has 4 saturated carbocycles. The number of aliphatic carboxylic acids is 1. The van der Waals surface area contributed by atoms with E-state index in [2.05, 4.69) is 27.7 Å². The average molecular weight is 421 g/mol. The van der Waals surface area contributed by atoms with Crippen molar-refractivity contribution in [2.24, 2.45) is 52.3 Å². The Kier molecular flexibility index (Phi) is 6.07. The van der Waals surface area contributed by atoms with Gasteiger partial charge in [-0.05, 0) is 104 Å². The first kappa shape index (κ1) is 22.6. The lowest BCUT2D eigenvalue weighted by Crippen LogP contribution is -2.62. The van der Waals surface area contributed by atoms with Crippen LogP contribution in [0.25, 0.3) is 0 Å². The molecule has 0 aliphatic heterocycles. The Balaban J connectivity index is 1.61. The van der Waals surface area contributed by atoms with Crippen LogP contribution in [-0.4, -0.2) is 33.5 Å². The van der Waals surface area contributed by atoms with Crippen molar-refractivity contribution >= 4 is 5.97 Å². The Bertz CT molecular complexity index is 649. The van der Waals surface area contributed by atoms with E-state index in [1.165, 1.54) is 25.7 Å². The summed E-state index contributed by atoms with van der Waals surface area (Å²) in [5.74, 6) is 2.58. The van der Waals surface area contributed by atoms with Crippen molar-refractivity contribution in [3.8, 4) is 0 Å². The van der Waals surface area contributed by atoms with E-state index in [0.29, 0.717) is 41.4 Å². The number of hydrogen-bond acceptors (Lipinski definition) is 3. The van der Waals surface area contributed by atoms with Gasteiger partial charge in [-0.25, -0.2) is 0 Å². The molecule has 0 bridgehead atoms. The first-order chi connectivity index (χ1) is 14.1. The maximum absolute atomic E-state index is 11.7. The Morgan fingerprint density at radius 2 is 1.67 bits per heavy atom. The lowest BCUT2D eigenvalue weighted by molar-refractivity contribution is -0.203. The van der Waals surface area contributed by atoms with E-state index in [0.717, 1.165) is 32.1 Å². The molecule has 11 atom stereocenters. The van der Waals surface area contributed by atoms with Crippen molar-refractivity contribution in [3.63, 3.8) is 0 Å². The van der Waals surface area contributed by atoms with Gasteiger partial charge in [-0.2, -0.15) is 0 Å². The Labute approximate surface area is 182 Å². The maximum Gasteiger partial charge on any atom is 0.303 e. The molecular weight excluding hydrogens is 376 g/mol. The van der Waals surface area contributed by atoms with Crippen LogP contribution in [0.2, 0.25) is 0 Å². The molecule has 172 valence electrons. The van der Waals surface area contributed by atoms with Gasteiger partial charge in [0, 0.05) is 6.42 Å². The second-order valence-corrected chi connectivity index (χ2v) is 12.0. The summed E-state index contributed by atoms with van der Waals surface area (Å²) in [6.07, 6.45) is 9.27. The monoisotopic (exact) mass is 420 g/mol. The fourth-order valence-corrected chi connectivity index (χ4v) is 9.48. The highest BCUT2D eigenvalue weighted by Gasteiger charge is 2.64. The number of hydrogen-bond donors (Lipinski definition) is 3. The van der Waals surface area contributed by atoms with Gasteiger partial charge < -0.3 is 15.3 Å². The molecule has 4 heteroatoms. The summed E-state index contributed by atoms with van der Waals surface area (Å²) in [6, 6.07) is 0. The van der Waals surface area contributed by atoms with Gasteiger partial charge in [-0.15, -0.1) is 0 Å². The topological polar surface area (TPSA) is 77.8 Å². The van der Waals surface area contributed by atoms with Gasteiger partial charge in [-0.3, -0.25) is 4.79 Å². The van der Waals surface area contributed by atoms with Crippen LogP contribution in [0, 0.1) is 52.3 Å². The smallest absolute Gasteiger partial charge is 0.303 e. The largest absolute Gasteiger partial charge is 0.481 e. The van der Waals surface area contributed by atoms with Crippen LogP contribution in [0.5, 0.6) is 0 Å². The molecule has 30 heavy (non-hydrogen) atoms. The highest BCUT2D eigenvalue weighted by Crippen LogP contribution is 2.69. The number of aliphatic hydroxyl groups is 2. The summed E-state index contributed by atoms with van der Waals surface area (Å²) in [6.45, 7) is 9.44. The number of carboxylic acids is 1. The summed E-state index contributed by atoms with van der Waals surface area (Å²) in [5, 5.41) is 31.3. The van der Waals surface area contributed by atoms with Crippen LogP contribution in [0.3, 0.4) is 0 Å². The molecule has 0 heterocycles. The molecule has 0 aromatic carbocycles. The summed E-state index contributed by atoms with van der Waals surface area (Å²) in [5.41, 5.74) is 0.480. The Hall–Kier alpha value is -0.610. The standard InChI is InChI=1S/C26H44O4/c1-5-17-21-14-16(27)10-12-26(21,4)20-11-13-25(3)18(15(2)6-9-22(28)29)7-8-19(25)23(20)24(17)30/h15-21,23-24,27,30H,5-14H2,1-4H3,(H,28,29)/t15-,16+,17-,18-,19?,20?,21+,23?,24?,25-,26-/m1/s1. The SMILES string of the molecule is CC[C@H]1C(O)C2C3CC[C@H]([C@H](C)CCC(=O)O)[C@@]3(C)CCC2[C@@]2(C)CC[C@H](O)C[C@@H]12. The lowest BCUT2D eigenvalue weighted by Gasteiger charge is -2.64. The summed E-state index contributed by atoms with van der Waals surface area (Å²) >= 11 is 0. The molecule has 0 spiro atoms. The highest BCUT2D eigenvalue weighted by molar-refractivity contribution is 5.66. The molecule has 3 N–H and O–H groups in total. The van der Waals surface area contributed by atoms with Gasteiger partial charge in [-0.1, -0.05) is 34.1 Å². The second kappa shape index (κ2) is 8.06. The third-order valence-electron chi connectivity index (χ3n) is 11.0. The van der Waals surface area contributed by atoms with E-state index in [1.54, 1.807) is 0 Å². The van der Waals surface area contributed by atoms with E-state index >= 15 is 0 Å². The molecule has 0 saturated heterocycles. The zero-order chi connectivity index (χ0) is 21.8. The third-order valence-corrected chi connectivity index (χ3v) is 11.0. The molecule has 0 aromatic heterocycles. The lowest BCUT2D eigenvalue weighted by atomic mass is 9.41. The second-order valence-electron chi connectivity index (χ2n) is 12.0. The van der Waals surface area contributed by atoms with Gasteiger partial charge in [0.2, 0.25) is 0 Å². The molecule has 4 rings (SSSR count). The van der Waals surface area contributed by atoms with E-state index < -0.39 is 5.97 Å². The van der Waals surface area contributed by atoms with E-state index in [-0.39, 0.29) is 29.5 Å². The number of aliphatic hydroxyl groups excluding tert-OH is 2. The van der Waals surface area contributed by atoms with Crippen molar-refractivity contribution in [2.45, 2.75) is 104 Å². The molecule has 4 nitrogen and oxygen atoms in total. The number of fused-ring (bicyclic) bond motifs is 5. The van der Waals surface area contributed by atoms with Gasteiger partial charge in [0.15, 0.2) is 0 Å². The van der Waals surface area contributed by atoms with E-state index in [1.807, 2.05) is 0 Å². The van der Waals surface area contributed by atoms with E-state index in [4.69, 9.17) is 5.11 Å². The molecule has 4 fully saturated rings. The van der Waals surface area contributed by atoms with Crippen LogP contribution in [0.1, 0.15) is 91.9 Å². The number of carbonyl (C=O) groups is 1. The minimum Gasteiger partial charge on any atom is -0.481 e. The average Bonchev–Trinajstić information content (AvgIpc) is 3.05. The predicted molar refractivity (Wildman–Crippen MR) is 118 cm³/mol. The quantitative estimate of drug-likeness (QED) is 0.577. The van der Waals surface area contributed by atoms with E-state index in [9.17, 15) is 15.0 Å². The van der Waals surface area contributed by atoms with Crippen molar-refractivity contribution in [1.29, 1.82) is 0 Å². The molecular formula is C26H44O4. The molecule has 4 aliphatic rings. The van der Waals surface area contributed by atoms with Crippen molar-refractivity contribution in [3.05, 3.63) is 0 Å². The van der Waals surface area contributed by atoms with Gasteiger partial charge in [0.1, 0.15) is 0 Å². The summed E-state index contributed by atoms with van der Waals surface area (Å²) in [4.78, 5) is 11.1.